The molecule has 5 nitrogen and oxygen atoms in total. The predicted molar refractivity (Wildman–Crippen MR) is 88.4 cm³/mol. The maximum atomic E-state index is 13.7. The summed E-state index contributed by atoms with van der Waals surface area (Å²) in [6.07, 6.45) is 1.43. The zero-order chi connectivity index (χ0) is 17.0. The zero-order valence-corrected chi connectivity index (χ0v) is 13.5. The van der Waals surface area contributed by atoms with Crippen molar-refractivity contribution >= 4 is 29.0 Å². The van der Waals surface area contributed by atoms with E-state index in [2.05, 4.69) is 15.6 Å². The van der Waals surface area contributed by atoms with Crippen LogP contribution >= 0.6 is 11.6 Å². The molecule has 0 spiro atoms. The van der Waals surface area contributed by atoms with E-state index in [9.17, 15) is 14.3 Å². The highest BCUT2D eigenvalue weighted by atomic mass is 35.5. The van der Waals surface area contributed by atoms with Gasteiger partial charge in [0.2, 0.25) is 0 Å². The van der Waals surface area contributed by atoms with Crippen LogP contribution < -0.4 is 10.6 Å². The Hall–Kier alpha value is -2.18. The SMILES string of the molecule is CC(C)(CO)Nc1ccc(NC(=O)c2c(F)cccc2Cl)cn1. The molecule has 2 rings (SSSR count). The first-order valence-corrected chi connectivity index (χ1v) is 7.31. The summed E-state index contributed by atoms with van der Waals surface area (Å²) >= 11 is 5.85. The van der Waals surface area contributed by atoms with Crippen molar-refractivity contribution in [1.29, 1.82) is 0 Å². The van der Waals surface area contributed by atoms with Crippen LogP contribution in [-0.2, 0) is 0 Å². The molecule has 1 aromatic heterocycles. The lowest BCUT2D eigenvalue weighted by Gasteiger charge is -2.24. The smallest absolute Gasteiger partial charge is 0.260 e. The molecule has 0 saturated heterocycles. The van der Waals surface area contributed by atoms with E-state index in [1.807, 2.05) is 13.8 Å². The standard InChI is InChI=1S/C16H17ClFN3O2/c1-16(2,9-22)21-13-7-6-10(8-19-13)20-15(23)14-11(17)4-3-5-12(14)18/h3-8,22H,9H2,1-2H3,(H,19,21)(H,20,23). The first kappa shape index (κ1) is 17.2. The highest BCUT2D eigenvalue weighted by Crippen LogP contribution is 2.21. The first-order valence-electron chi connectivity index (χ1n) is 6.93. The van der Waals surface area contributed by atoms with Gasteiger partial charge in [-0.25, -0.2) is 9.37 Å². The number of rotatable bonds is 5. The van der Waals surface area contributed by atoms with E-state index in [0.717, 1.165) is 0 Å². The van der Waals surface area contributed by atoms with Crippen molar-refractivity contribution < 1.29 is 14.3 Å². The molecule has 1 amide bonds. The van der Waals surface area contributed by atoms with Crippen molar-refractivity contribution in [1.82, 2.24) is 4.98 Å². The van der Waals surface area contributed by atoms with Gasteiger partial charge in [0.05, 0.1) is 34.6 Å². The molecule has 1 aromatic carbocycles. The second-order valence-corrected chi connectivity index (χ2v) is 6.06. The maximum absolute atomic E-state index is 13.7. The summed E-state index contributed by atoms with van der Waals surface area (Å²) in [5.41, 5.74) is -0.321. The van der Waals surface area contributed by atoms with Gasteiger partial charge >= 0.3 is 0 Å². The van der Waals surface area contributed by atoms with Gasteiger partial charge in [0.1, 0.15) is 11.6 Å². The molecule has 0 saturated carbocycles. The van der Waals surface area contributed by atoms with E-state index in [4.69, 9.17) is 11.6 Å². The fourth-order valence-corrected chi connectivity index (χ4v) is 2.09. The Morgan fingerprint density at radius 2 is 2.09 bits per heavy atom. The van der Waals surface area contributed by atoms with Crippen LogP contribution in [0.5, 0.6) is 0 Å². The lowest BCUT2D eigenvalue weighted by molar-refractivity contribution is 0.102. The summed E-state index contributed by atoms with van der Waals surface area (Å²) in [4.78, 5) is 16.2. The summed E-state index contributed by atoms with van der Waals surface area (Å²) in [7, 11) is 0. The second kappa shape index (κ2) is 6.93. The number of nitrogens with zero attached hydrogens (tertiary/aromatic N) is 1. The minimum atomic E-state index is -0.689. The molecule has 0 fully saturated rings. The van der Waals surface area contributed by atoms with Crippen molar-refractivity contribution in [3.05, 3.63) is 52.9 Å². The van der Waals surface area contributed by atoms with Crippen LogP contribution in [0.1, 0.15) is 24.2 Å². The molecule has 3 N–H and O–H groups in total. The van der Waals surface area contributed by atoms with Crippen molar-refractivity contribution in [3.8, 4) is 0 Å². The fraction of sp³-hybridized carbons (Fsp3) is 0.250. The molecule has 0 aliphatic rings. The number of aromatic nitrogens is 1. The average molecular weight is 338 g/mol. The number of carbonyl (C=O) groups excluding carboxylic acids is 1. The third-order valence-corrected chi connectivity index (χ3v) is 3.39. The highest BCUT2D eigenvalue weighted by Gasteiger charge is 2.17. The van der Waals surface area contributed by atoms with Gasteiger partial charge in [0, 0.05) is 0 Å². The third-order valence-electron chi connectivity index (χ3n) is 3.07. The van der Waals surface area contributed by atoms with Gasteiger partial charge in [0.25, 0.3) is 5.91 Å². The monoisotopic (exact) mass is 337 g/mol. The van der Waals surface area contributed by atoms with Crippen LogP contribution in [0.4, 0.5) is 15.9 Å². The largest absolute Gasteiger partial charge is 0.394 e. The summed E-state index contributed by atoms with van der Waals surface area (Å²) in [5, 5.41) is 14.8. The van der Waals surface area contributed by atoms with Gasteiger partial charge < -0.3 is 15.7 Å². The number of aliphatic hydroxyl groups excluding tert-OH is 1. The van der Waals surface area contributed by atoms with Crippen LogP contribution in [0.2, 0.25) is 5.02 Å². The third kappa shape index (κ3) is 4.40. The molecule has 122 valence electrons. The van der Waals surface area contributed by atoms with Gasteiger partial charge in [-0.15, -0.1) is 0 Å². The summed E-state index contributed by atoms with van der Waals surface area (Å²) < 4.78 is 13.7. The Morgan fingerprint density at radius 1 is 1.35 bits per heavy atom. The Balaban J connectivity index is 2.11. The van der Waals surface area contributed by atoms with Crippen LogP contribution in [0.3, 0.4) is 0 Å². The maximum Gasteiger partial charge on any atom is 0.260 e. The van der Waals surface area contributed by atoms with Gasteiger partial charge in [-0.05, 0) is 38.1 Å². The second-order valence-electron chi connectivity index (χ2n) is 5.65. The topological polar surface area (TPSA) is 74.2 Å². The van der Waals surface area contributed by atoms with E-state index >= 15 is 0 Å². The number of anilines is 2. The predicted octanol–water partition coefficient (Wildman–Crippen LogP) is 3.31. The van der Waals surface area contributed by atoms with Crippen molar-refractivity contribution in [2.24, 2.45) is 0 Å². The quantitative estimate of drug-likeness (QED) is 0.782. The zero-order valence-electron chi connectivity index (χ0n) is 12.7. The number of hydrogen-bond acceptors (Lipinski definition) is 4. The molecule has 2 aromatic rings. The lowest BCUT2D eigenvalue weighted by atomic mass is 10.1. The van der Waals surface area contributed by atoms with Crippen LogP contribution in [0, 0.1) is 5.82 Å². The van der Waals surface area contributed by atoms with E-state index in [1.165, 1.54) is 24.4 Å². The lowest BCUT2D eigenvalue weighted by Crippen LogP contribution is -2.35. The van der Waals surface area contributed by atoms with E-state index in [1.54, 1.807) is 12.1 Å². The number of benzene rings is 1. The van der Waals surface area contributed by atoms with E-state index in [-0.39, 0.29) is 17.2 Å². The van der Waals surface area contributed by atoms with Crippen molar-refractivity contribution in [2.45, 2.75) is 19.4 Å². The molecule has 1 heterocycles. The van der Waals surface area contributed by atoms with Crippen LogP contribution in [-0.4, -0.2) is 28.1 Å². The highest BCUT2D eigenvalue weighted by molar-refractivity contribution is 6.34. The fourth-order valence-electron chi connectivity index (χ4n) is 1.84. The Kier molecular flexibility index (Phi) is 5.18. The molecule has 23 heavy (non-hydrogen) atoms. The summed E-state index contributed by atoms with van der Waals surface area (Å²) in [5.74, 6) is -0.789. The minimum absolute atomic E-state index is 0.0402. The van der Waals surface area contributed by atoms with Gasteiger partial charge in [0.15, 0.2) is 0 Å². The molecule has 0 aliphatic carbocycles. The number of pyridine rings is 1. The van der Waals surface area contributed by atoms with E-state index < -0.39 is 17.3 Å². The van der Waals surface area contributed by atoms with E-state index in [0.29, 0.717) is 11.5 Å². The van der Waals surface area contributed by atoms with Gasteiger partial charge in [-0.1, -0.05) is 17.7 Å². The Labute approximate surface area is 138 Å². The first-order chi connectivity index (χ1) is 10.8. The van der Waals surface area contributed by atoms with Crippen molar-refractivity contribution in [2.75, 3.05) is 17.2 Å². The Morgan fingerprint density at radius 3 is 2.65 bits per heavy atom. The number of aliphatic hydroxyl groups is 1. The van der Waals surface area contributed by atoms with Crippen LogP contribution in [0.25, 0.3) is 0 Å². The number of carbonyl (C=O) groups is 1. The molecule has 0 unspecified atom stereocenters. The number of nitrogens with one attached hydrogen (secondary N) is 2. The molecule has 0 radical (unpaired) electrons. The molecular weight excluding hydrogens is 321 g/mol. The molecule has 0 aliphatic heterocycles. The molecule has 0 atom stereocenters. The average Bonchev–Trinajstić information content (AvgIpc) is 2.49. The molecule has 7 heteroatoms. The number of amides is 1. The summed E-state index contributed by atoms with van der Waals surface area (Å²) in [6, 6.07) is 7.32. The normalized spacial score (nSPS) is 11.2. The number of halogens is 2. The summed E-state index contributed by atoms with van der Waals surface area (Å²) in [6.45, 7) is 3.59. The van der Waals surface area contributed by atoms with Gasteiger partial charge in [-0.3, -0.25) is 4.79 Å². The van der Waals surface area contributed by atoms with Crippen molar-refractivity contribution in [3.63, 3.8) is 0 Å². The number of hydrogen-bond donors (Lipinski definition) is 3. The molecule has 0 bridgehead atoms. The molecular formula is C16H17ClFN3O2. The minimum Gasteiger partial charge on any atom is -0.394 e. The van der Waals surface area contributed by atoms with Crippen LogP contribution in [0.15, 0.2) is 36.5 Å². The van der Waals surface area contributed by atoms with Gasteiger partial charge in [-0.2, -0.15) is 0 Å². The Bertz CT molecular complexity index is 685.